The van der Waals surface area contributed by atoms with Crippen LogP contribution in [0.5, 0.6) is 0 Å². The minimum atomic E-state index is 0.211. The Morgan fingerprint density at radius 1 is 1.12 bits per heavy atom. The minimum absolute atomic E-state index is 0.211. The van der Waals surface area contributed by atoms with Crippen molar-refractivity contribution in [2.75, 3.05) is 39.8 Å². The van der Waals surface area contributed by atoms with E-state index in [4.69, 9.17) is 5.73 Å². The van der Waals surface area contributed by atoms with Gasteiger partial charge in [0.05, 0.1) is 6.54 Å². The van der Waals surface area contributed by atoms with Crippen LogP contribution in [0.2, 0.25) is 0 Å². The van der Waals surface area contributed by atoms with Crippen molar-refractivity contribution in [2.45, 2.75) is 27.7 Å². The summed E-state index contributed by atoms with van der Waals surface area (Å²) in [5.74, 6) is 1.23. The third kappa shape index (κ3) is 8.16. The fourth-order valence-corrected chi connectivity index (χ4v) is 1.79. The van der Waals surface area contributed by atoms with Gasteiger partial charge in [-0.2, -0.15) is 0 Å². The van der Waals surface area contributed by atoms with Crippen LogP contribution >= 0.6 is 0 Å². The number of nitrogens with two attached hydrogens (primary N) is 1. The van der Waals surface area contributed by atoms with Crippen LogP contribution in [0.15, 0.2) is 0 Å². The number of likely N-dealkylation sites (N-methyl/N-ethyl adjacent to an activating group) is 1. The summed E-state index contributed by atoms with van der Waals surface area (Å²) in [6, 6.07) is 0. The molecule has 0 aromatic carbocycles. The molecule has 0 aromatic heterocycles. The first kappa shape index (κ1) is 16.4. The highest BCUT2D eigenvalue weighted by molar-refractivity contribution is 5.78. The van der Waals surface area contributed by atoms with Gasteiger partial charge < -0.3 is 10.6 Å². The van der Waals surface area contributed by atoms with Gasteiger partial charge in [-0.1, -0.05) is 27.7 Å². The average Bonchev–Trinajstić information content (AvgIpc) is 2.15. The van der Waals surface area contributed by atoms with E-state index in [0.717, 1.165) is 19.6 Å². The number of carbonyl (C=O) groups is 1. The Hall–Kier alpha value is -0.610. The zero-order valence-corrected chi connectivity index (χ0v) is 12.1. The molecule has 0 aliphatic rings. The van der Waals surface area contributed by atoms with E-state index in [-0.39, 0.29) is 5.91 Å². The van der Waals surface area contributed by atoms with E-state index in [9.17, 15) is 4.79 Å². The van der Waals surface area contributed by atoms with Crippen molar-refractivity contribution in [2.24, 2.45) is 17.6 Å². The predicted octanol–water partition coefficient (Wildman–Crippen LogP) is 1.02. The van der Waals surface area contributed by atoms with E-state index in [2.05, 4.69) is 27.7 Å². The van der Waals surface area contributed by atoms with Gasteiger partial charge in [0.1, 0.15) is 0 Å². The fourth-order valence-electron chi connectivity index (χ4n) is 1.79. The normalized spacial score (nSPS) is 11.6. The Morgan fingerprint density at radius 3 is 1.94 bits per heavy atom. The van der Waals surface area contributed by atoms with Gasteiger partial charge >= 0.3 is 0 Å². The van der Waals surface area contributed by atoms with E-state index in [0.29, 0.717) is 24.9 Å². The number of carbonyl (C=O) groups excluding carboxylic acids is 1. The molecule has 0 unspecified atom stereocenters. The van der Waals surface area contributed by atoms with Crippen molar-refractivity contribution in [1.82, 2.24) is 9.80 Å². The lowest BCUT2D eigenvalue weighted by Crippen LogP contribution is -2.43. The van der Waals surface area contributed by atoms with Gasteiger partial charge in [0.2, 0.25) is 5.91 Å². The maximum Gasteiger partial charge on any atom is 0.236 e. The molecule has 0 saturated heterocycles. The van der Waals surface area contributed by atoms with Crippen molar-refractivity contribution in [3.63, 3.8) is 0 Å². The Bertz CT molecular complexity index is 207. The molecule has 102 valence electrons. The number of hydrogen-bond acceptors (Lipinski definition) is 3. The summed E-state index contributed by atoms with van der Waals surface area (Å²) in [6.07, 6.45) is 0. The Morgan fingerprint density at radius 2 is 1.59 bits per heavy atom. The first-order chi connectivity index (χ1) is 7.86. The van der Waals surface area contributed by atoms with Gasteiger partial charge in [-0.3, -0.25) is 9.69 Å². The highest BCUT2D eigenvalue weighted by atomic mass is 16.2. The molecule has 2 N–H and O–H groups in total. The van der Waals surface area contributed by atoms with Gasteiger partial charge in [-0.25, -0.2) is 0 Å². The maximum atomic E-state index is 12.1. The molecule has 0 aliphatic heterocycles. The molecule has 0 aromatic rings. The van der Waals surface area contributed by atoms with Crippen LogP contribution in [-0.2, 0) is 4.79 Å². The van der Waals surface area contributed by atoms with Crippen LogP contribution in [0, 0.1) is 11.8 Å². The van der Waals surface area contributed by atoms with Crippen LogP contribution < -0.4 is 5.73 Å². The second kappa shape index (κ2) is 8.48. The zero-order chi connectivity index (χ0) is 13.4. The van der Waals surface area contributed by atoms with Gasteiger partial charge in [0.25, 0.3) is 0 Å². The average molecular weight is 243 g/mol. The summed E-state index contributed by atoms with van der Waals surface area (Å²) in [5, 5.41) is 0. The second-order valence-electron chi connectivity index (χ2n) is 5.61. The molecule has 0 heterocycles. The van der Waals surface area contributed by atoms with E-state index >= 15 is 0 Å². The molecule has 0 atom stereocenters. The molecule has 0 rings (SSSR count). The molecule has 0 radical (unpaired) electrons. The quantitative estimate of drug-likeness (QED) is 0.692. The van der Waals surface area contributed by atoms with Crippen LogP contribution in [0.25, 0.3) is 0 Å². The Balaban J connectivity index is 4.30. The van der Waals surface area contributed by atoms with Gasteiger partial charge in [0, 0.05) is 26.2 Å². The summed E-state index contributed by atoms with van der Waals surface area (Å²) >= 11 is 0. The fraction of sp³-hybridized carbons (Fsp3) is 0.923. The van der Waals surface area contributed by atoms with Gasteiger partial charge in [-0.15, -0.1) is 0 Å². The highest BCUT2D eigenvalue weighted by Gasteiger charge is 2.17. The molecular weight excluding hydrogens is 214 g/mol. The molecule has 4 nitrogen and oxygen atoms in total. The van der Waals surface area contributed by atoms with Crippen LogP contribution in [0.1, 0.15) is 27.7 Å². The van der Waals surface area contributed by atoms with E-state index < -0.39 is 0 Å². The second-order valence-corrected chi connectivity index (χ2v) is 5.61. The number of rotatable bonds is 8. The van der Waals surface area contributed by atoms with Crippen molar-refractivity contribution in [1.29, 1.82) is 0 Å². The Labute approximate surface area is 106 Å². The lowest BCUT2D eigenvalue weighted by Gasteiger charge is -2.28. The molecule has 0 aliphatic carbocycles. The Kier molecular flexibility index (Phi) is 8.17. The van der Waals surface area contributed by atoms with Gasteiger partial charge in [0.15, 0.2) is 0 Å². The maximum absolute atomic E-state index is 12.1. The third-order valence-electron chi connectivity index (χ3n) is 2.44. The number of hydrogen-bond donors (Lipinski definition) is 1. The third-order valence-corrected chi connectivity index (χ3v) is 2.44. The minimum Gasteiger partial charge on any atom is -0.341 e. The standard InChI is InChI=1S/C13H29N3O/c1-11(2)8-16(9-12(3)4)13(17)10-15(5)7-6-14/h11-12H,6-10,14H2,1-5H3. The number of amides is 1. The van der Waals surface area contributed by atoms with Crippen LogP contribution in [-0.4, -0.2) is 55.5 Å². The monoisotopic (exact) mass is 243 g/mol. The molecule has 0 bridgehead atoms. The first-order valence-electron chi connectivity index (χ1n) is 6.53. The van der Waals surface area contributed by atoms with E-state index in [1.54, 1.807) is 0 Å². The lowest BCUT2D eigenvalue weighted by molar-refractivity contribution is -0.133. The SMILES string of the molecule is CC(C)CN(CC(C)C)C(=O)CN(C)CCN. The topological polar surface area (TPSA) is 49.6 Å². The summed E-state index contributed by atoms with van der Waals surface area (Å²) in [5.41, 5.74) is 5.48. The lowest BCUT2D eigenvalue weighted by atomic mass is 10.1. The van der Waals surface area contributed by atoms with Crippen molar-refractivity contribution < 1.29 is 4.79 Å². The predicted molar refractivity (Wildman–Crippen MR) is 72.8 cm³/mol. The summed E-state index contributed by atoms with van der Waals surface area (Å²) < 4.78 is 0. The molecule has 4 heteroatoms. The zero-order valence-electron chi connectivity index (χ0n) is 12.1. The summed E-state index contributed by atoms with van der Waals surface area (Å²) in [7, 11) is 1.94. The highest BCUT2D eigenvalue weighted by Crippen LogP contribution is 2.04. The van der Waals surface area contributed by atoms with Crippen LogP contribution in [0.4, 0.5) is 0 Å². The van der Waals surface area contributed by atoms with Gasteiger partial charge in [-0.05, 0) is 18.9 Å². The molecule has 17 heavy (non-hydrogen) atoms. The van der Waals surface area contributed by atoms with Crippen molar-refractivity contribution in [3.05, 3.63) is 0 Å². The van der Waals surface area contributed by atoms with Crippen molar-refractivity contribution >= 4 is 5.91 Å². The number of nitrogens with zero attached hydrogens (tertiary/aromatic N) is 2. The smallest absolute Gasteiger partial charge is 0.236 e. The summed E-state index contributed by atoms with van der Waals surface area (Å²) in [4.78, 5) is 16.1. The molecular formula is C13H29N3O. The summed E-state index contributed by atoms with van der Waals surface area (Å²) in [6.45, 7) is 12.1. The van der Waals surface area contributed by atoms with E-state index in [1.165, 1.54) is 0 Å². The van der Waals surface area contributed by atoms with Crippen LogP contribution in [0.3, 0.4) is 0 Å². The van der Waals surface area contributed by atoms with Crippen molar-refractivity contribution in [3.8, 4) is 0 Å². The first-order valence-corrected chi connectivity index (χ1v) is 6.53. The van der Waals surface area contributed by atoms with E-state index in [1.807, 2.05) is 16.8 Å². The molecule has 1 amide bonds. The largest absolute Gasteiger partial charge is 0.341 e. The molecule has 0 fully saturated rings. The molecule has 0 spiro atoms. The molecule has 0 saturated carbocycles.